The maximum atomic E-state index is 5.66. The molecule has 0 aliphatic heterocycles. The van der Waals surface area contributed by atoms with Crippen LogP contribution in [0.4, 0.5) is 0 Å². The fraction of sp³-hybridized carbons (Fsp3) is 1.00. The zero-order valence-electron chi connectivity index (χ0n) is 33.4. The minimum Gasteiger partial charge on any atom is -0.379 e. The van der Waals surface area contributed by atoms with Gasteiger partial charge in [0.1, 0.15) is 0 Å². The highest BCUT2D eigenvalue weighted by Crippen LogP contribution is 2.11. The third kappa shape index (κ3) is 49.6. The van der Waals surface area contributed by atoms with Gasteiger partial charge in [0.25, 0.3) is 0 Å². The molecule has 0 amide bonds. The predicted molar refractivity (Wildman–Crippen MR) is 204 cm³/mol. The van der Waals surface area contributed by atoms with Crippen molar-refractivity contribution in [2.45, 2.75) is 117 Å². The van der Waals surface area contributed by atoms with Gasteiger partial charge in [0.2, 0.25) is 0 Å². The number of unbranched alkanes of at least 4 members (excludes halogenated alkanes) is 14. The lowest BCUT2D eigenvalue weighted by atomic mass is 10.1. The largest absolute Gasteiger partial charge is 0.379 e. The molecule has 0 fully saturated rings. The van der Waals surface area contributed by atoms with Crippen LogP contribution in [-0.2, 0) is 52.1 Å². The normalized spacial score (nSPS) is 11.6. The fourth-order valence-corrected chi connectivity index (χ4v) is 4.98. The molecule has 0 saturated heterocycles. The summed E-state index contributed by atoms with van der Waals surface area (Å²) in [6, 6.07) is 0. The zero-order valence-corrected chi connectivity index (χ0v) is 33.4. The Bertz CT molecular complexity index is 541. The van der Waals surface area contributed by atoms with Crippen LogP contribution in [0.2, 0.25) is 0 Å². The van der Waals surface area contributed by atoms with Crippen LogP contribution in [0.15, 0.2) is 0 Å². The van der Waals surface area contributed by atoms with E-state index in [2.05, 4.69) is 13.8 Å². The number of ether oxygens (including phenoxy) is 11. The molecule has 0 bridgehead atoms. The first-order chi connectivity index (χ1) is 25.4. The van der Waals surface area contributed by atoms with E-state index in [0.717, 1.165) is 26.1 Å². The number of hydrogen-bond acceptors (Lipinski definition) is 11. The minimum absolute atomic E-state index is 0.528. The second-order valence-corrected chi connectivity index (χ2v) is 12.7. The lowest BCUT2D eigenvalue weighted by Gasteiger charge is -2.09. The van der Waals surface area contributed by atoms with Crippen molar-refractivity contribution < 1.29 is 52.1 Å². The fourth-order valence-electron chi connectivity index (χ4n) is 4.98. The van der Waals surface area contributed by atoms with Gasteiger partial charge in [-0.3, -0.25) is 0 Å². The van der Waals surface area contributed by atoms with E-state index in [1.807, 2.05) is 0 Å². The van der Waals surface area contributed by atoms with E-state index in [1.54, 1.807) is 0 Å². The zero-order chi connectivity index (χ0) is 36.6. The van der Waals surface area contributed by atoms with Crippen molar-refractivity contribution in [3.63, 3.8) is 0 Å². The van der Waals surface area contributed by atoms with E-state index in [-0.39, 0.29) is 0 Å². The van der Waals surface area contributed by atoms with Gasteiger partial charge in [0.15, 0.2) is 0 Å². The van der Waals surface area contributed by atoms with E-state index in [9.17, 15) is 0 Å². The van der Waals surface area contributed by atoms with Crippen molar-refractivity contribution in [2.24, 2.45) is 0 Å². The van der Waals surface area contributed by atoms with Crippen molar-refractivity contribution in [1.29, 1.82) is 0 Å². The second-order valence-electron chi connectivity index (χ2n) is 12.7. The monoisotopic (exact) mass is 739 g/mol. The lowest BCUT2D eigenvalue weighted by molar-refractivity contribution is -0.0275. The minimum atomic E-state index is 0.528. The van der Waals surface area contributed by atoms with Crippen LogP contribution < -0.4 is 0 Å². The smallest absolute Gasteiger partial charge is 0.0701 e. The van der Waals surface area contributed by atoms with Crippen LogP contribution in [0, 0.1) is 0 Å². The van der Waals surface area contributed by atoms with Crippen molar-refractivity contribution in [2.75, 3.05) is 145 Å². The van der Waals surface area contributed by atoms with Crippen LogP contribution >= 0.6 is 0 Å². The van der Waals surface area contributed by atoms with E-state index < -0.39 is 0 Å². The molecular formula is C40H82O11. The molecule has 0 aliphatic carbocycles. The lowest BCUT2D eigenvalue weighted by Crippen LogP contribution is -2.15. The molecule has 0 unspecified atom stereocenters. The van der Waals surface area contributed by atoms with Crippen molar-refractivity contribution in [3.8, 4) is 0 Å². The van der Waals surface area contributed by atoms with Crippen molar-refractivity contribution in [1.82, 2.24) is 0 Å². The van der Waals surface area contributed by atoms with Crippen molar-refractivity contribution in [3.05, 3.63) is 0 Å². The molecule has 11 nitrogen and oxygen atoms in total. The summed E-state index contributed by atoms with van der Waals surface area (Å²) in [5, 5.41) is 0. The van der Waals surface area contributed by atoms with Crippen LogP contribution in [0.25, 0.3) is 0 Å². The Morgan fingerprint density at radius 3 is 0.471 bits per heavy atom. The maximum Gasteiger partial charge on any atom is 0.0701 e. The van der Waals surface area contributed by atoms with E-state index in [4.69, 9.17) is 52.1 Å². The SMILES string of the molecule is CCCCCCCCCCCCCOCCOCCOCCOCCOCCOCCOCCOCCOCCOCCOCCCCCCC. The van der Waals surface area contributed by atoms with Crippen molar-refractivity contribution >= 4 is 0 Å². The number of rotatable bonds is 48. The molecule has 11 heteroatoms. The topological polar surface area (TPSA) is 102 Å². The van der Waals surface area contributed by atoms with Crippen LogP contribution in [-0.4, -0.2) is 145 Å². The average molecular weight is 739 g/mol. The Hall–Kier alpha value is -0.440. The first-order valence-electron chi connectivity index (χ1n) is 20.8. The average Bonchev–Trinajstić information content (AvgIpc) is 3.14. The molecule has 0 N–H and O–H groups in total. The van der Waals surface area contributed by atoms with Crippen LogP contribution in [0.1, 0.15) is 117 Å². The van der Waals surface area contributed by atoms with Gasteiger partial charge < -0.3 is 52.1 Å². The highest BCUT2D eigenvalue weighted by atomic mass is 16.6. The van der Waals surface area contributed by atoms with Gasteiger partial charge >= 0.3 is 0 Å². The van der Waals surface area contributed by atoms with E-state index in [1.165, 1.54) is 89.9 Å². The molecule has 0 heterocycles. The molecule has 0 atom stereocenters. The van der Waals surface area contributed by atoms with Gasteiger partial charge in [0.05, 0.1) is 132 Å². The molecule has 0 spiro atoms. The number of hydrogen-bond donors (Lipinski definition) is 0. The predicted octanol–water partition coefficient (Wildman–Crippen LogP) is 7.45. The van der Waals surface area contributed by atoms with Gasteiger partial charge in [-0.15, -0.1) is 0 Å². The highest BCUT2D eigenvalue weighted by molar-refractivity contribution is 4.48. The first-order valence-corrected chi connectivity index (χ1v) is 20.8. The third-order valence-electron chi connectivity index (χ3n) is 8.00. The summed E-state index contributed by atoms with van der Waals surface area (Å²) in [4.78, 5) is 0. The molecule has 0 rings (SSSR count). The van der Waals surface area contributed by atoms with Gasteiger partial charge in [-0.1, -0.05) is 104 Å². The molecule has 0 aromatic heterocycles. The van der Waals surface area contributed by atoms with Crippen LogP contribution in [0.5, 0.6) is 0 Å². The Morgan fingerprint density at radius 2 is 0.294 bits per heavy atom. The van der Waals surface area contributed by atoms with E-state index >= 15 is 0 Å². The van der Waals surface area contributed by atoms with E-state index in [0.29, 0.717) is 132 Å². The second kappa shape index (κ2) is 49.6. The van der Waals surface area contributed by atoms with Gasteiger partial charge in [-0.05, 0) is 12.8 Å². The molecule has 0 saturated carbocycles. The Kier molecular flexibility index (Phi) is 49.1. The van der Waals surface area contributed by atoms with Gasteiger partial charge in [0, 0.05) is 13.2 Å². The molecule has 0 radical (unpaired) electrons. The summed E-state index contributed by atoms with van der Waals surface area (Å²) in [6.07, 6.45) is 21.2. The summed E-state index contributed by atoms with van der Waals surface area (Å²) in [5.41, 5.74) is 0. The third-order valence-corrected chi connectivity index (χ3v) is 8.00. The van der Waals surface area contributed by atoms with Gasteiger partial charge in [-0.25, -0.2) is 0 Å². The molecule has 0 aliphatic rings. The maximum absolute atomic E-state index is 5.66. The summed E-state index contributed by atoms with van der Waals surface area (Å²) < 4.78 is 60.9. The van der Waals surface area contributed by atoms with Gasteiger partial charge in [-0.2, -0.15) is 0 Å². The molecule has 308 valence electrons. The Balaban J connectivity index is 3.04. The molecule has 51 heavy (non-hydrogen) atoms. The summed E-state index contributed by atoms with van der Waals surface area (Å²) in [6.45, 7) is 17.4. The quantitative estimate of drug-likeness (QED) is 0.0582. The van der Waals surface area contributed by atoms with Crippen LogP contribution in [0.3, 0.4) is 0 Å². The summed E-state index contributed by atoms with van der Waals surface area (Å²) >= 11 is 0. The standard InChI is InChI=1S/C40H82O11/c1-3-5-7-9-10-11-12-13-14-16-18-20-42-22-24-44-26-28-46-30-32-48-34-36-50-38-40-51-39-37-49-35-33-47-31-29-45-27-25-43-23-21-41-19-17-15-8-6-4-2/h3-40H2,1-2H3. The molecule has 0 aromatic carbocycles. The Morgan fingerprint density at radius 1 is 0.157 bits per heavy atom. The highest BCUT2D eigenvalue weighted by Gasteiger charge is 1.98. The first kappa shape index (κ1) is 50.6. The Labute approximate surface area is 313 Å². The molecule has 0 aromatic rings. The summed E-state index contributed by atoms with van der Waals surface area (Å²) in [5.74, 6) is 0. The summed E-state index contributed by atoms with van der Waals surface area (Å²) in [7, 11) is 0. The molecular weight excluding hydrogens is 656 g/mol.